The summed E-state index contributed by atoms with van der Waals surface area (Å²) >= 11 is 0. The zero-order valence-corrected chi connectivity index (χ0v) is 16.2. The highest BCUT2D eigenvalue weighted by molar-refractivity contribution is 7.91. The zero-order valence-electron chi connectivity index (χ0n) is 15.3. The third-order valence-corrected chi connectivity index (χ3v) is 6.13. The number of fused-ring (bicyclic) bond motifs is 1. The summed E-state index contributed by atoms with van der Waals surface area (Å²) in [5, 5.41) is 7.03. The summed E-state index contributed by atoms with van der Waals surface area (Å²) < 4.78 is 65.3. The molecule has 0 radical (unpaired) electrons. The SMILES string of the molecule is O=S(=O)(c1ccccc1)c1ccc2nc(NCc3cccc(C(F)(F)F)c3)nn2c1. The molecule has 0 aliphatic carbocycles. The minimum atomic E-state index is -4.42. The molecule has 2 aromatic carbocycles. The summed E-state index contributed by atoms with van der Waals surface area (Å²) in [4.78, 5) is 4.43. The highest BCUT2D eigenvalue weighted by atomic mass is 32.2. The van der Waals surface area contributed by atoms with Gasteiger partial charge in [0.05, 0.1) is 21.6 Å². The summed E-state index contributed by atoms with van der Waals surface area (Å²) in [6, 6.07) is 15.9. The van der Waals surface area contributed by atoms with Crippen molar-refractivity contribution in [1.29, 1.82) is 0 Å². The smallest absolute Gasteiger partial charge is 0.349 e. The number of pyridine rings is 1. The van der Waals surface area contributed by atoms with E-state index >= 15 is 0 Å². The lowest BCUT2D eigenvalue weighted by Crippen LogP contribution is -2.07. The van der Waals surface area contributed by atoms with Crippen LogP contribution in [-0.2, 0) is 22.6 Å². The molecule has 0 fully saturated rings. The van der Waals surface area contributed by atoms with E-state index in [1.807, 2.05) is 0 Å². The average Bonchev–Trinajstić information content (AvgIpc) is 3.15. The van der Waals surface area contributed by atoms with Crippen LogP contribution in [0, 0.1) is 0 Å². The minimum Gasteiger partial charge on any atom is -0.349 e. The molecule has 2 heterocycles. The second-order valence-electron chi connectivity index (χ2n) is 6.47. The van der Waals surface area contributed by atoms with Gasteiger partial charge in [0.2, 0.25) is 15.8 Å². The number of alkyl halides is 3. The van der Waals surface area contributed by atoms with Crippen molar-refractivity contribution in [3.05, 3.63) is 84.1 Å². The molecular weight excluding hydrogens is 417 g/mol. The molecule has 0 bridgehead atoms. The summed E-state index contributed by atoms with van der Waals surface area (Å²) in [6.07, 6.45) is -3.07. The number of halogens is 3. The first-order valence-corrected chi connectivity index (χ1v) is 10.3. The van der Waals surface area contributed by atoms with E-state index in [9.17, 15) is 21.6 Å². The second kappa shape index (κ2) is 7.45. The molecule has 154 valence electrons. The lowest BCUT2D eigenvalue weighted by molar-refractivity contribution is -0.137. The van der Waals surface area contributed by atoms with Crippen molar-refractivity contribution >= 4 is 21.4 Å². The number of benzene rings is 2. The number of aromatic nitrogens is 3. The first kappa shape index (κ1) is 19.9. The predicted octanol–water partition coefficient (Wildman–Crippen LogP) is 4.19. The van der Waals surface area contributed by atoms with Crippen LogP contribution in [0.3, 0.4) is 0 Å². The summed E-state index contributed by atoms with van der Waals surface area (Å²) in [7, 11) is -3.71. The Hall–Kier alpha value is -3.40. The van der Waals surface area contributed by atoms with Gasteiger partial charge in [0.25, 0.3) is 0 Å². The molecule has 4 aromatic rings. The maximum absolute atomic E-state index is 12.8. The molecule has 0 amide bonds. The van der Waals surface area contributed by atoms with Crippen LogP contribution in [-0.4, -0.2) is 23.0 Å². The zero-order chi connectivity index (χ0) is 21.4. The third-order valence-electron chi connectivity index (χ3n) is 4.37. The first-order valence-electron chi connectivity index (χ1n) is 8.80. The van der Waals surface area contributed by atoms with Crippen molar-refractivity contribution in [2.75, 3.05) is 5.32 Å². The van der Waals surface area contributed by atoms with Crippen molar-refractivity contribution < 1.29 is 21.6 Å². The molecule has 10 heteroatoms. The van der Waals surface area contributed by atoms with Crippen LogP contribution >= 0.6 is 0 Å². The molecular formula is C20H15F3N4O2S. The van der Waals surface area contributed by atoms with Crippen molar-refractivity contribution in [2.45, 2.75) is 22.5 Å². The molecule has 2 aromatic heterocycles. The fraction of sp³-hybridized carbons (Fsp3) is 0.100. The Labute approximate surface area is 169 Å². The molecule has 1 N–H and O–H groups in total. The second-order valence-corrected chi connectivity index (χ2v) is 8.42. The summed E-state index contributed by atoms with van der Waals surface area (Å²) in [5.41, 5.74) is 0.0742. The standard InChI is InChI=1S/C20H15F3N4O2S/c21-20(22,23)15-6-4-5-14(11-15)12-24-19-25-18-10-9-17(13-27(18)26-19)30(28,29)16-7-2-1-3-8-16/h1-11,13H,12H2,(H,24,26). The molecule has 30 heavy (non-hydrogen) atoms. The molecule has 0 atom stereocenters. The highest BCUT2D eigenvalue weighted by Crippen LogP contribution is 2.29. The summed E-state index contributed by atoms with van der Waals surface area (Å²) in [5.74, 6) is 0.168. The first-order chi connectivity index (χ1) is 14.2. The van der Waals surface area contributed by atoms with Crippen LogP contribution in [0.4, 0.5) is 19.1 Å². The van der Waals surface area contributed by atoms with Crippen LogP contribution in [0.5, 0.6) is 0 Å². The monoisotopic (exact) mass is 432 g/mol. The molecule has 0 aliphatic heterocycles. The van der Waals surface area contributed by atoms with Crippen molar-refractivity contribution in [1.82, 2.24) is 14.6 Å². The Kier molecular flexibility index (Phi) is 4.94. The number of rotatable bonds is 5. The molecule has 6 nitrogen and oxygen atoms in total. The van der Waals surface area contributed by atoms with Gasteiger partial charge in [-0.15, -0.1) is 5.10 Å². The van der Waals surface area contributed by atoms with Crippen LogP contribution in [0.1, 0.15) is 11.1 Å². The molecule has 0 saturated heterocycles. The van der Waals surface area contributed by atoms with Crippen LogP contribution in [0.25, 0.3) is 5.65 Å². The van der Waals surface area contributed by atoms with Gasteiger partial charge in [0.1, 0.15) is 0 Å². The Morgan fingerprint density at radius 3 is 2.43 bits per heavy atom. The predicted molar refractivity (Wildman–Crippen MR) is 104 cm³/mol. The quantitative estimate of drug-likeness (QED) is 0.512. The van der Waals surface area contributed by atoms with Gasteiger partial charge >= 0.3 is 6.18 Å². The Morgan fingerprint density at radius 1 is 0.933 bits per heavy atom. The van der Waals surface area contributed by atoms with E-state index in [4.69, 9.17) is 0 Å². The molecule has 4 rings (SSSR count). The van der Waals surface area contributed by atoms with E-state index in [0.717, 1.165) is 12.1 Å². The normalized spacial score (nSPS) is 12.2. The molecule has 0 saturated carbocycles. The van der Waals surface area contributed by atoms with Gasteiger partial charge in [0, 0.05) is 6.54 Å². The van der Waals surface area contributed by atoms with Crippen LogP contribution < -0.4 is 5.32 Å². The van der Waals surface area contributed by atoms with Crippen molar-refractivity contribution in [3.8, 4) is 0 Å². The van der Waals surface area contributed by atoms with E-state index in [-0.39, 0.29) is 22.3 Å². The van der Waals surface area contributed by atoms with Gasteiger partial charge in [-0.05, 0) is 42.0 Å². The minimum absolute atomic E-state index is 0.0514. The number of nitrogens with zero attached hydrogens (tertiary/aromatic N) is 3. The van der Waals surface area contributed by atoms with Gasteiger partial charge < -0.3 is 5.32 Å². The third kappa shape index (κ3) is 3.99. The topological polar surface area (TPSA) is 76.4 Å². The van der Waals surface area contributed by atoms with E-state index in [2.05, 4.69) is 15.4 Å². The number of hydrogen-bond acceptors (Lipinski definition) is 5. The van der Waals surface area contributed by atoms with Gasteiger partial charge in [-0.1, -0.05) is 30.3 Å². The van der Waals surface area contributed by atoms with Crippen molar-refractivity contribution in [3.63, 3.8) is 0 Å². The van der Waals surface area contributed by atoms with E-state index in [1.54, 1.807) is 24.3 Å². The lowest BCUT2D eigenvalue weighted by atomic mass is 10.1. The highest BCUT2D eigenvalue weighted by Gasteiger charge is 2.30. The van der Waals surface area contributed by atoms with Gasteiger partial charge in [-0.25, -0.2) is 12.9 Å². The van der Waals surface area contributed by atoms with E-state index in [1.165, 1.54) is 41.0 Å². The van der Waals surface area contributed by atoms with Crippen molar-refractivity contribution in [2.24, 2.45) is 0 Å². The maximum atomic E-state index is 12.8. The Morgan fingerprint density at radius 2 is 1.70 bits per heavy atom. The summed E-state index contributed by atoms with van der Waals surface area (Å²) in [6.45, 7) is 0.0793. The largest absolute Gasteiger partial charge is 0.416 e. The fourth-order valence-electron chi connectivity index (χ4n) is 2.87. The van der Waals surface area contributed by atoms with Crippen LogP contribution in [0.2, 0.25) is 0 Å². The molecule has 0 aliphatic rings. The van der Waals surface area contributed by atoms with Crippen LogP contribution in [0.15, 0.2) is 82.7 Å². The van der Waals surface area contributed by atoms with Gasteiger partial charge in [-0.3, -0.25) is 0 Å². The average molecular weight is 432 g/mol. The molecule has 0 unspecified atom stereocenters. The Bertz CT molecular complexity index is 1300. The lowest BCUT2D eigenvalue weighted by Gasteiger charge is -2.08. The number of sulfone groups is 1. The molecule has 0 spiro atoms. The fourth-order valence-corrected chi connectivity index (χ4v) is 4.15. The van der Waals surface area contributed by atoms with E-state index < -0.39 is 21.6 Å². The maximum Gasteiger partial charge on any atom is 0.416 e. The number of nitrogens with one attached hydrogen (secondary N) is 1. The number of hydrogen-bond donors (Lipinski definition) is 1. The van der Waals surface area contributed by atoms with E-state index in [0.29, 0.717) is 11.2 Å². The Balaban J connectivity index is 1.56. The number of anilines is 1. The van der Waals surface area contributed by atoms with Gasteiger partial charge in [0.15, 0.2) is 5.65 Å². The van der Waals surface area contributed by atoms with Gasteiger partial charge in [-0.2, -0.15) is 18.2 Å².